The second kappa shape index (κ2) is 6.82. The maximum atomic E-state index is 13.4. The summed E-state index contributed by atoms with van der Waals surface area (Å²) in [4.78, 5) is 24.5. The van der Waals surface area contributed by atoms with Crippen LogP contribution in [0.25, 0.3) is 21.5 Å². The average molecular weight is 432 g/mol. The molecule has 0 aliphatic carbocycles. The van der Waals surface area contributed by atoms with Crippen LogP contribution in [-0.4, -0.2) is 27.4 Å². The van der Waals surface area contributed by atoms with Gasteiger partial charge in [-0.25, -0.2) is 13.2 Å². The molecule has 0 atom stereocenters. The molecule has 1 amide bonds. The molecule has 4 aromatic rings. The smallest absolute Gasteiger partial charge is 0.340 e. The summed E-state index contributed by atoms with van der Waals surface area (Å²) in [6, 6.07) is 18.4. The summed E-state index contributed by atoms with van der Waals surface area (Å²) in [6.07, 6.45) is 0. The van der Waals surface area contributed by atoms with E-state index in [9.17, 15) is 18.0 Å². The van der Waals surface area contributed by atoms with Crippen LogP contribution < -0.4 is 10.0 Å². The third-order valence-electron chi connectivity index (χ3n) is 5.32. The predicted octanol–water partition coefficient (Wildman–Crippen LogP) is 4.15. The number of esters is 1. The van der Waals surface area contributed by atoms with Crippen LogP contribution in [-0.2, 0) is 14.8 Å². The van der Waals surface area contributed by atoms with E-state index in [1.165, 1.54) is 13.2 Å². The van der Waals surface area contributed by atoms with Crippen LogP contribution in [0.15, 0.2) is 71.6 Å². The molecule has 5 rings (SSSR count). The molecule has 1 aliphatic rings. The van der Waals surface area contributed by atoms with Crippen molar-refractivity contribution in [2.45, 2.75) is 4.90 Å². The van der Waals surface area contributed by atoms with Crippen LogP contribution >= 0.6 is 0 Å². The minimum Gasteiger partial charge on any atom is -0.465 e. The molecule has 1 aliphatic heterocycles. The van der Waals surface area contributed by atoms with E-state index in [1.807, 2.05) is 24.3 Å². The lowest BCUT2D eigenvalue weighted by molar-refractivity contribution is 0.0602. The molecule has 0 spiro atoms. The maximum absolute atomic E-state index is 13.4. The minimum atomic E-state index is -4.09. The van der Waals surface area contributed by atoms with Crippen LogP contribution in [0.3, 0.4) is 0 Å². The van der Waals surface area contributed by atoms with E-state index in [-0.39, 0.29) is 22.1 Å². The first kappa shape index (κ1) is 19.1. The Hall–Kier alpha value is -3.91. The van der Waals surface area contributed by atoms with Crippen molar-refractivity contribution in [2.75, 3.05) is 17.1 Å². The number of nitrogens with one attached hydrogen (secondary N) is 2. The molecule has 0 fully saturated rings. The number of hydrogen-bond acceptors (Lipinski definition) is 5. The topological polar surface area (TPSA) is 102 Å². The fourth-order valence-electron chi connectivity index (χ4n) is 3.90. The van der Waals surface area contributed by atoms with Crippen molar-refractivity contribution in [1.29, 1.82) is 0 Å². The van der Waals surface area contributed by atoms with Gasteiger partial charge in [0, 0.05) is 22.0 Å². The molecule has 0 radical (unpaired) electrons. The fourth-order valence-corrected chi connectivity index (χ4v) is 5.18. The first-order valence-corrected chi connectivity index (χ1v) is 10.9. The number of fused-ring (bicyclic) bond motifs is 1. The highest BCUT2D eigenvalue weighted by molar-refractivity contribution is 7.93. The van der Waals surface area contributed by atoms with Gasteiger partial charge in [-0.2, -0.15) is 0 Å². The Balaban J connectivity index is 1.68. The summed E-state index contributed by atoms with van der Waals surface area (Å²) in [5.41, 5.74) is 1.21. The predicted molar refractivity (Wildman–Crippen MR) is 118 cm³/mol. The van der Waals surface area contributed by atoms with Crippen molar-refractivity contribution in [3.63, 3.8) is 0 Å². The zero-order chi connectivity index (χ0) is 21.8. The van der Waals surface area contributed by atoms with Crippen molar-refractivity contribution >= 4 is 54.8 Å². The molecular formula is C23H16N2O5S. The lowest BCUT2D eigenvalue weighted by Gasteiger charge is -2.14. The van der Waals surface area contributed by atoms with Crippen molar-refractivity contribution in [1.82, 2.24) is 0 Å². The Bertz CT molecular complexity index is 1530. The number of ether oxygens (including phenoxy) is 1. The highest BCUT2D eigenvalue weighted by Crippen LogP contribution is 2.37. The lowest BCUT2D eigenvalue weighted by Crippen LogP contribution is -2.16. The first-order valence-electron chi connectivity index (χ1n) is 9.40. The molecule has 2 N–H and O–H groups in total. The Morgan fingerprint density at radius 3 is 2.45 bits per heavy atom. The highest BCUT2D eigenvalue weighted by Gasteiger charge is 2.27. The Kier molecular flexibility index (Phi) is 4.19. The molecule has 7 nitrogen and oxygen atoms in total. The van der Waals surface area contributed by atoms with E-state index >= 15 is 0 Å². The van der Waals surface area contributed by atoms with E-state index < -0.39 is 16.0 Å². The summed E-state index contributed by atoms with van der Waals surface area (Å²) < 4.78 is 34.1. The Morgan fingerprint density at radius 2 is 1.71 bits per heavy atom. The quantitative estimate of drug-likeness (QED) is 0.472. The highest BCUT2D eigenvalue weighted by atomic mass is 32.2. The minimum absolute atomic E-state index is 0.00794. The van der Waals surface area contributed by atoms with Crippen molar-refractivity contribution in [3.8, 4) is 0 Å². The summed E-state index contributed by atoms with van der Waals surface area (Å²) in [5, 5.41) is 5.26. The summed E-state index contributed by atoms with van der Waals surface area (Å²) >= 11 is 0. The van der Waals surface area contributed by atoms with Crippen LogP contribution in [0.2, 0.25) is 0 Å². The largest absolute Gasteiger partial charge is 0.465 e. The zero-order valence-electron chi connectivity index (χ0n) is 16.3. The van der Waals surface area contributed by atoms with Gasteiger partial charge in [-0.15, -0.1) is 0 Å². The number of carbonyl (C=O) groups excluding carboxylic acids is 2. The van der Waals surface area contributed by atoms with Crippen molar-refractivity contribution < 1.29 is 22.7 Å². The lowest BCUT2D eigenvalue weighted by atomic mass is 10.1. The standard InChI is InChI=1S/C23H16N2O5S/c1-30-23(27)17-11-13-5-2-3-6-14(13)12-19(17)25-31(28,29)20-10-9-18-21-15(20)7-4-8-16(21)22(26)24-18/h2-12,25H,1H3,(H,24,26). The van der Waals surface area contributed by atoms with Crippen LogP contribution in [0.5, 0.6) is 0 Å². The average Bonchev–Trinajstić information content (AvgIpc) is 3.09. The van der Waals surface area contributed by atoms with Gasteiger partial charge >= 0.3 is 5.97 Å². The molecule has 0 bridgehead atoms. The van der Waals surface area contributed by atoms with Crippen molar-refractivity contribution in [2.24, 2.45) is 0 Å². The number of hydrogen-bond donors (Lipinski definition) is 2. The molecule has 4 aromatic carbocycles. The SMILES string of the molecule is COC(=O)c1cc2ccccc2cc1NS(=O)(=O)c1ccc2c3c(cccc13)C(=O)N2. The van der Waals surface area contributed by atoms with Gasteiger partial charge in [-0.05, 0) is 41.1 Å². The van der Waals surface area contributed by atoms with Gasteiger partial charge in [0.2, 0.25) is 0 Å². The van der Waals surface area contributed by atoms with E-state index in [2.05, 4.69) is 10.0 Å². The number of carbonyl (C=O) groups is 2. The van der Waals surface area contributed by atoms with E-state index in [4.69, 9.17) is 4.74 Å². The zero-order valence-corrected chi connectivity index (χ0v) is 17.1. The summed E-state index contributed by atoms with van der Waals surface area (Å²) in [7, 11) is -2.85. The van der Waals surface area contributed by atoms with Gasteiger partial charge in [0.1, 0.15) is 0 Å². The number of benzene rings is 4. The molecule has 154 valence electrons. The number of rotatable bonds is 4. The maximum Gasteiger partial charge on any atom is 0.340 e. The molecule has 0 saturated heterocycles. The third-order valence-corrected chi connectivity index (χ3v) is 6.74. The second-order valence-electron chi connectivity index (χ2n) is 7.14. The third kappa shape index (κ3) is 3.00. The van der Waals surface area contributed by atoms with Gasteiger partial charge in [0.05, 0.1) is 23.3 Å². The van der Waals surface area contributed by atoms with E-state index in [0.29, 0.717) is 22.0 Å². The van der Waals surface area contributed by atoms with Gasteiger partial charge in [0.25, 0.3) is 15.9 Å². The van der Waals surface area contributed by atoms with Crippen LogP contribution in [0.1, 0.15) is 20.7 Å². The Morgan fingerprint density at radius 1 is 0.968 bits per heavy atom. The molecule has 0 saturated carbocycles. The molecule has 31 heavy (non-hydrogen) atoms. The summed E-state index contributed by atoms with van der Waals surface area (Å²) in [6.45, 7) is 0. The summed E-state index contributed by atoms with van der Waals surface area (Å²) in [5.74, 6) is -0.927. The molecule has 0 aromatic heterocycles. The van der Waals surface area contributed by atoms with E-state index in [0.717, 1.165) is 10.8 Å². The monoisotopic (exact) mass is 432 g/mol. The second-order valence-corrected chi connectivity index (χ2v) is 8.79. The number of methoxy groups -OCH3 is 1. The molecule has 0 unspecified atom stereocenters. The van der Waals surface area contributed by atoms with E-state index in [1.54, 1.807) is 36.4 Å². The van der Waals surface area contributed by atoms with Crippen LogP contribution in [0, 0.1) is 0 Å². The Labute approximate surface area is 177 Å². The normalized spacial score (nSPS) is 12.7. The molecule has 1 heterocycles. The number of amides is 1. The van der Waals surface area contributed by atoms with Gasteiger partial charge < -0.3 is 10.1 Å². The fraction of sp³-hybridized carbons (Fsp3) is 0.0435. The number of anilines is 2. The van der Waals surface area contributed by atoms with Gasteiger partial charge in [-0.1, -0.05) is 36.4 Å². The van der Waals surface area contributed by atoms with Crippen molar-refractivity contribution in [3.05, 3.63) is 77.9 Å². The molecule has 8 heteroatoms. The first-order chi connectivity index (χ1) is 14.9. The number of sulfonamides is 1. The van der Waals surface area contributed by atoms with Gasteiger partial charge in [-0.3, -0.25) is 9.52 Å². The van der Waals surface area contributed by atoms with Crippen LogP contribution in [0.4, 0.5) is 11.4 Å². The van der Waals surface area contributed by atoms with Gasteiger partial charge in [0.15, 0.2) is 0 Å². The molecular weight excluding hydrogens is 416 g/mol.